The molecule has 0 bridgehead atoms. The minimum absolute atomic E-state index is 0.176. The van der Waals surface area contributed by atoms with Gasteiger partial charge in [0, 0.05) is 6.92 Å². The van der Waals surface area contributed by atoms with Gasteiger partial charge in [-0.3, -0.25) is 4.79 Å². The van der Waals surface area contributed by atoms with Crippen LogP contribution in [0, 0.1) is 0 Å². The summed E-state index contributed by atoms with van der Waals surface area (Å²) in [6.45, 7) is 5.86. The molecule has 86 valence electrons. The van der Waals surface area contributed by atoms with Crippen molar-refractivity contribution in [3.63, 3.8) is 0 Å². The Morgan fingerprint density at radius 3 is 2.44 bits per heavy atom. The van der Waals surface area contributed by atoms with Crippen molar-refractivity contribution in [2.24, 2.45) is 5.10 Å². The summed E-state index contributed by atoms with van der Waals surface area (Å²) in [4.78, 5) is 10.7. The summed E-state index contributed by atoms with van der Waals surface area (Å²) in [5.41, 5.74) is 4.12. The van der Waals surface area contributed by atoms with E-state index in [0.717, 1.165) is 17.0 Å². The normalized spacial score (nSPS) is 11.1. The number of benzene rings is 1. The molecule has 0 aliphatic heterocycles. The summed E-state index contributed by atoms with van der Waals surface area (Å²) in [6.07, 6.45) is 0. The van der Waals surface area contributed by atoms with E-state index in [0.29, 0.717) is 6.61 Å². The summed E-state index contributed by atoms with van der Waals surface area (Å²) >= 11 is 0. The molecule has 0 heterocycles. The van der Waals surface area contributed by atoms with E-state index < -0.39 is 0 Å². The highest BCUT2D eigenvalue weighted by Gasteiger charge is 1.98. The van der Waals surface area contributed by atoms with E-state index in [4.69, 9.17) is 4.74 Å². The highest BCUT2D eigenvalue weighted by molar-refractivity contribution is 5.99. The van der Waals surface area contributed by atoms with Crippen molar-refractivity contribution in [1.29, 1.82) is 0 Å². The first-order valence-corrected chi connectivity index (χ1v) is 5.17. The lowest BCUT2D eigenvalue weighted by Crippen LogP contribution is -2.14. The predicted octanol–water partition coefficient (Wildman–Crippen LogP) is 1.95. The van der Waals surface area contributed by atoms with Gasteiger partial charge in [0.05, 0.1) is 12.3 Å². The van der Waals surface area contributed by atoms with E-state index in [1.165, 1.54) is 6.92 Å². The van der Waals surface area contributed by atoms with Crippen molar-refractivity contribution in [2.75, 3.05) is 6.61 Å². The van der Waals surface area contributed by atoms with Gasteiger partial charge in [0.25, 0.3) is 0 Å². The lowest BCUT2D eigenvalue weighted by atomic mass is 10.1. The van der Waals surface area contributed by atoms with Crippen LogP contribution in [0.25, 0.3) is 0 Å². The second-order valence-corrected chi connectivity index (χ2v) is 3.32. The standard InChI is InChI=1S/C12H16N2O2/c1-4-16-12-7-5-11(6-8-12)9(2)13-14-10(3)15/h5-8H,4H2,1-3H3,(H,14,15)/b13-9-. The molecule has 0 aliphatic rings. The summed E-state index contributed by atoms with van der Waals surface area (Å²) in [5, 5.41) is 3.95. The third-order valence-corrected chi connectivity index (χ3v) is 1.96. The molecule has 0 atom stereocenters. The highest BCUT2D eigenvalue weighted by atomic mass is 16.5. The maximum absolute atomic E-state index is 10.7. The van der Waals surface area contributed by atoms with Crippen LogP contribution in [-0.4, -0.2) is 18.2 Å². The summed E-state index contributed by atoms with van der Waals surface area (Å²) in [6, 6.07) is 7.58. The van der Waals surface area contributed by atoms with Crippen LogP contribution >= 0.6 is 0 Å². The molecular weight excluding hydrogens is 204 g/mol. The number of nitrogens with one attached hydrogen (secondary N) is 1. The van der Waals surface area contributed by atoms with Crippen molar-refractivity contribution in [1.82, 2.24) is 5.43 Å². The molecular formula is C12H16N2O2. The van der Waals surface area contributed by atoms with E-state index in [-0.39, 0.29) is 5.91 Å². The lowest BCUT2D eigenvalue weighted by Gasteiger charge is -2.04. The predicted molar refractivity (Wildman–Crippen MR) is 63.6 cm³/mol. The molecule has 0 radical (unpaired) electrons. The Hall–Kier alpha value is -1.84. The summed E-state index contributed by atoms with van der Waals surface area (Å²) in [7, 11) is 0. The van der Waals surface area contributed by atoms with Gasteiger partial charge in [0.15, 0.2) is 0 Å². The average molecular weight is 220 g/mol. The number of nitrogens with zero attached hydrogens (tertiary/aromatic N) is 1. The SMILES string of the molecule is CCOc1ccc(/C(C)=N\NC(C)=O)cc1. The monoisotopic (exact) mass is 220 g/mol. The fourth-order valence-electron chi connectivity index (χ4n) is 1.19. The number of amides is 1. The van der Waals surface area contributed by atoms with Crippen molar-refractivity contribution in [3.8, 4) is 5.75 Å². The summed E-state index contributed by atoms with van der Waals surface area (Å²) in [5.74, 6) is 0.656. The first-order valence-electron chi connectivity index (χ1n) is 5.17. The fourth-order valence-corrected chi connectivity index (χ4v) is 1.19. The Kier molecular flexibility index (Phi) is 4.51. The smallest absolute Gasteiger partial charge is 0.236 e. The zero-order valence-electron chi connectivity index (χ0n) is 9.78. The summed E-state index contributed by atoms with van der Waals surface area (Å²) < 4.78 is 5.33. The van der Waals surface area contributed by atoms with Crippen LogP contribution in [0.3, 0.4) is 0 Å². The van der Waals surface area contributed by atoms with Gasteiger partial charge in [-0.15, -0.1) is 0 Å². The molecule has 1 aromatic carbocycles. The van der Waals surface area contributed by atoms with E-state index in [2.05, 4.69) is 10.5 Å². The van der Waals surface area contributed by atoms with Gasteiger partial charge in [-0.1, -0.05) is 0 Å². The molecule has 4 heteroatoms. The van der Waals surface area contributed by atoms with E-state index in [9.17, 15) is 4.79 Å². The Labute approximate surface area is 95.3 Å². The van der Waals surface area contributed by atoms with Crippen LogP contribution < -0.4 is 10.2 Å². The molecule has 0 unspecified atom stereocenters. The molecule has 16 heavy (non-hydrogen) atoms. The third kappa shape index (κ3) is 3.73. The van der Waals surface area contributed by atoms with Gasteiger partial charge < -0.3 is 4.74 Å². The molecule has 0 aromatic heterocycles. The molecule has 1 amide bonds. The second kappa shape index (κ2) is 5.90. The quantitative estimate of drug-likeness (QED) is 0.622. The van der Waals surface area contributed by atoms with E-state index >= 15 is 0 Å². The third-order valence-electron chi connectivity index (χ3n) is 1.96. The zero-order chi connectivity index (χ0) is 12.0. The zero-order valence-corrected chi connectivity index (χ0v) is 9.78. The number of carbonyl (C=O) groups excluding carboxylic acids is 1. The molecule has 1 aromatic rings. The Bertz CT molecular complexity index is 383. The lowest BCUT2D eigenvalue weighted by molar-refractivity contribution is -0.118. The molecule has 0 aliphatic carbocycles. The average Bonchev–Trinajstić information content (AvgIpc) is 2.27. The van der Waals surface area contributed by atoms with Crippen LogP contribution in [0.5, 0.6) is 5.75 Å². The van der Waals surface area contributed by atoms with E-state index in [1.807, 2.05) is 38.1 Å². The van der Waals surface area contributed by atoms with Crippen molar-refractivity contribution in [2.45, 2.75) is 20.8 Å². The van der Waals surface area contributed by atoms with Gasteiger partial charge in [-0.05, 0) is 43.7 Å². The first kappa shape index (κ1) is 12.2. The Morgan fingerprint density at radius 1 is 1.31 bits per heavy atom. The minimum Gasteiger partial charge on any atom is -0.494 e. The van der Waals surface area contributed by atoms with Crippen LogP contribution in [0.2, 0.25) is 0 Å². The maximum Gasteiger partial charge on any atom is 0.236 e. The number of hydrazone groups is 1. The van der Waals surface area contributed by atoms with Crippen LogP contribution in [0.4, 0.5) is 0 Å². The van der Waals surface area contributed by atoms with Crippen molar-refractivity contribution < 1.29 is 9.53 Å². The van der Waals surface area contributed by atoms with Crippen LogP contribution in [0.15, 0.2) is 29.4 Å². The number of hydrogen-bond acceptors (Lipinski definition) is 3. The minimum atomic E-state index is -0.176. The molecule has 0 saturated carbocycles. The molecule has 4 nitrogen and oxygen atoms in total. The molecule has 0 fully saturated rings. The van der Waals surface area contributed by atoms with E-state index in [1.54, 1.807) is 0 Å². The van der Waals surface area contributed by atoms with Crippen molar-refractivity contribution in [3.05, 3.63) is 29.8 Å². The van der Waals surface area contributed by atoms with Gasteiger partial charge >= 0.3 is 0 Å². The maximum atomic E-state index is 10.7. The number of ether oxygens (including phenoxy) is 1. The topological polar surface area (TPSA) is 50.7 Å². The molecule has 1 rings (SSSR count). The van der Waals surface area contributed by atoms with Gasteiger partial charge in [0.1, 0.15) is 5.75 Å². The number of hydrogen-bond donors (Lipinski definition) is 1. The number of carbonyl (C=O) groups is 1. The Balaban J connectivity index is 2.73. The van der Waals surface area contributed by atoms with Crippen LogP contribution in [-0.2, 0) is 4.79 Å². The number of rotatable bonds is 4. The molecule has 0 spiro atoms. The first-order chi connectivity index (χ1) is 7.63. The van der Waals surface area contributed by atoms with Gasteiger partial charge in [-0.2, -0.15) is 5.10 Å². The van der Waals surface area contributed by atoms with Gasteiger partial charge in [0.2, 0.25) is 5.91 Å². The van der Waals surface area contributed by atoms with Crippen LogP contribution in [0.1, 0.15) is 26.3 Å². The highest BCUT2D eigenvalue weighted by Crippen LogP contribution is 2.12. The second-order valence-electron chi connectivity index (χ2n) is 3.32. The molecule has 1 N–H and O–H groups in total. The fraction of sp³-hybridized carbons (Fsp3) is 0.333. The molecule has 0 saturated heterocycles. The van der Waals surface area contributed by atoms with Gasteiger partial charge in [-0.25, -0.2) is 5.43 Å². The van der Waals surface area contributed by atoms with Crippen molar-refractivity contribution >= 4 is 11.6 Å². The Morgan fingerprint density at radius 2 is 1.94 bits per heavy atom. The largest absolute Gasteiger partial charge is 0.494 e.